The summed E-state index contributed by atoms with van der Waals surface area (Å²) in [6.07, 6.45) is 0. The molecule has 0 fully saturated rings. The molecule has 0 bridgehead atoms. The van der Waals surface area contributed by atoms with Crippen LogP contribution in [-0.2, 0) is 0 Å². The van der Waals surface area contributed by atoms with Gasteiger partial charge in [0.25, 0.3) is 0 Å². The molecule has 10 aromatic carbocycles. The van der Waals surface area contributed by atoms with Crippen LogP contribution in [0.4, 0.5) is 0 Å². The number of thiophene rings is 1. The van der Waals surface area contributed by atoms with E-state index >= 15 is 0 Å². The van der Waals surface area contributed by atoms with Crippen molar-refractivity contribution in [2.24, 2.45) is 0 Å². The Balaban J connectivity index is 1.03. The minimum Gasteiger partial charge on any atom is -0.455 e. The molecule has 0 aliphatic carbocycles. The Morgan fingerprint density at radius 3 is 1.65 bits per heavy atom. The average Bonchev–Trinajstić information content (AvgIpc) is 3.81. The molecule has 2 heterocycles. The van der Waals surface area contributed by atoms with Crippen molar-refractivity contribution in [2.45, 2.75) is 0 Å². The van der Waals surface area contributed by atoms with E-state index in [0.29, 0.717) is 0 Å². The summed E-state index contributed by atoms with van der Waals surface area (Å²) in [6, 6.07) is 66.7. The van der Waals surface area contributed by atoms with E-state index in [2.05, 4.69) is 182 Å². The monoisotopic (exact) mass is 702 g/mol. The second kappa shape index (κ2) is 11.4. The van der Waals surface area contributed by atoms with Gasteiger partial charge in [-0.2, -0.15) is 0 Å². The van der Waals surface area contributed by atoms with Crippen LogP contribution in [-0.4, -0.2) is 0 Å². The van der Waals surface area contributed by atoms with Crippen LogP contribution in [0.2, 0.25) is 0 Å². The molecule has 0 atom stereocenters. The third-order valence-electron chi connectivity index (χ3n) is 11.4. The predicted octanol–water partition coefficient (Wildman–Crippen LogP) is 15.6. The van der Waals surface area contributed by atoms with Crippen molar-refractivity contribution in [3.63, 3.8) is 0 Å². The van der Waals surface area contributed by atoms with Crippen LogP contribution in [0, 0.1) is 0 Å². The van der Waals surface area contributed by atoms with Crippen LogP contribution in [0.1, 0.15) is 0 Å². The molecule has 0 aliphatic heterocycles. The van der Waals surface area contributed by atoms with Gasteiger partial charge < -0.3 is 4.42 Å². The molecule has 12 rings (SSSR count). The molecule has 2 aromatic heterocycles. The minimum absolute atomic E-state index is 0.915. The highest BCUT2D eigenvalue weighted by Gasteiger charge is 2.19. The number of rotatable bonds is 3. The van der Waals surface area contributed by atoms with Crippen molar-refractivity contribution in [3.05, 3.63) is 182 Å². The van der Waals surface area contributed by atoms with Crippen LogP contribution < -0.4 is 0 Å². The third kappa shape index (κ3) is 4.32. The third-order valence-corrected chi connectivity index (χ3v) is 12.6. The second-order valence-electron chi connectivity index (χ2n) is 14.4. The molecule has 0 saturated heterocycles. The molecular formula is C52H30OS. The summed E-state index contributed by atoms with van der Waals surface area (Å²) < 4.78 is 9.30. The van der Waals surface area contributed by atoms with Crippen LogP contribution in [0.5, 0.6) is 0 Å². The lowest BCUT2D eigenvalue weighted by atomic mass is 9.85. The molecule has 250 valence electrons. The van der Waals surface area contributed by atoms with Gasteiger partial charge in [0.2, 0.25) is 0 Å². The predicted molar refractivity (Wildman–Crippen MR) is 233 cm³/mol. The zero-order chi connectivity index (χ0) is 35.3. The fraction of sp³-hybridized carbons (Fsp3) is 0. The van der Waals surface area contributed by atoms with Crippen LogP contribution >= 0.6 is 11.3 Å². The molecule has 0 spiro atoms. The Hall–Kier alpha value is -6.74. The molecule has 0 N–H and O–H groups in total. The van der Waals surface area contributed by atoms with Crippen molar-refractivity contribution in [2.75, 3.05) is 0 Å². The Morgan fingerprint density at radius 1 is 0.333 bits per heavy atom. The fourth-order valence-corrected chi connectivity index (χ4v) is 10.2. The summed E-state index contributed by atoms with van der Waals surface area (Å²) in [5.74, 6) is 0. The van der Waals surface area contributed by atoms with Crippen LogP contribution in [0.25, 0.3) is 119 Å². The summed E-state index contributed by atoms with van der Waals surface area (Å²) in [5.41, 5.74) is 9.18. The quantitative estimate of drug-likeness (QED) is 0.167. The van der Waals surface area contributed by atoms with Gasteiger partial charge in [0.1, 0.15) is 5.58 Å². The standard InChI is InChI=1S/C52H30OS/c1-2-12-33-28-37(21-20-31(33)10-1)49-42-18-7-5-16-40(42)48(41-17-6-8-19-43(41)49)36-14-9-13-34(29-36)35-22-24-39-44-25-26-45-50-38-15-4-3-11-32(38)23-27-47(50)54-52(45)51(44)53-46(39)30-35/h1-30H. The lowest BCUT2D eigenvalue weighted by Gasteiger charge is -2.18. The summed E-state index contributed by atoms with van der Waals surface area (Å²) in [5, 5.41) is 15.0. The molecular weight excluding hydrogens is 673 g/mol. The fourth-order valence-electron chi connectivity index (χ4n) is 8.97. The van der Waals surface area contributed by atoms with Crippen molar-refractivity contribution < 1.29 is 4.42 Å². The highest BCUT2D eigenvalue weighted by molar-refractivity contribution is 7.26. The molecule has 0 unspecified atom stereocenters. The first kappa shape index (κ1) is 29.8. The number of furan rings is 1. The van der Waals surface area contributed by atoms with Gasteiger partial charge in [-0.15, -0.1) is 11.3 Å². The highest BCUT2D eigenvalue weighted by atomic mass is 32.1. The largest absolute Gasteiger partial charge is 0.455 e. The van der Waals surface area contributed by atoms with E-state index in [1.54, 1.807) is 0 Å². The Bertz CT molecular complexity index is 3450. The maximum Gasteiger partial charge on any atom is 0.153 e. The average molecular weight is 703 g/mol. The molecule has 0 saturated carbocycles. The Kier molecular flexibility index (Phi) is 6.28. The summed E-state index contributed by atoms with van der Waals surface area (Å²) in [7, 11) is 0. The van der Waals surface area contributed by atoms with E-state index in [0.717, 1.165) is 27.5 Å². The summed E-state index contributed by atoms with van der Waals surface area (Å²) in [6.45, 7) is 0. The smallest absolute Gasteiger partial charge is 0.153 e. The lowest BCUT2D eigenvalue weighted by molar-refractivity contribution is 0.673. The Morgan fingerprint density at radius 2 is 0.889 bits per heavy atom. The molecule has 54 heavy (non-hydrogen) atoms. The molecule has 1 nitrogen and oxygen atoms in total. The van der Waals surface area contributed by atoms with Crippen molar-refractivity contribution in [1.29, 1.82) is 0 Å². The van der Waals surface area contributed by atoms with E-state index < -0.39 is 0 Å². The van der Waals surface area contributed by atoms with E-state index in [1.807, 2.05) is 11.3 Å². The van der Waals surface area contributed by atoms with Gasteiger partial charge in [0, 0.05) is 26.2 Å². The van der Waals surface area contributed by atoms with Crippen molar-refractivity contribution in [1.82, 2.24) is 0 Å². The second-order valence-corrected chi connectivity index (χ2v) is 15.4. The van der Waals surface area contributed by atoms with Gasteiger partial charge in [-0.1, -0.05) is 146 Å². The first-order valence-electron chi connectivity index (χ1n) is 18.5. The normalized spacial score (nSPS) is 12.1. The van der Waals surface area contributed by atoms with Crippen molar-refractivity contribution >= 4 is 96.5 Å². The first-order valence-corrected chi connectivity index (χ1v) is 19.3. The maximum atomic E-state index is 6.79. The van der Waals surface area contributed by atoms with E-state index in [1.165, 1.54) is 91.1 Å². The van der Waals surface area contributed by atoms with E-state index in [-0.39, 0.29) is 0 Å². The lowest BCUT2D eigenvalue weighted by Crippen LogP contribution is -1.91. The number of hydrogen-bond acceptors (Lipinski definition) is 2. The maximum absolute atomic E-state index is 6.79. The van der Waals surface area contributed by atoms with Gasteiger partial charge in [0.05, 0.1) is 4.70 Å². The van der Waals surface area contributed by atoms with Gasteiger partial charge in [0.15, 0.2) is 5.58 Å². The van der Waals surface area contributed by atoms with Gasteiger partial charge in [-0.05, 0) is 113 Å². The minimum atomic E-state index is 0.915. The zero-order valence-corrected chi connectivity index (χ0v) is 30.0. The van der Waals surface area contributed by atoms with Crippen LogP contribution in [0.3, 0.4) is 0 Å². The molecule has 0 amide bonds. The topological polar surface area (TPSA) is 13.1 Å². The Labute approximate surface area is 314 Å². The summed E-state index contributed by atoms with van der Waals surface area (Å²) >= 11 is 1.83. The van der Waals surface area contributed by atoms with Gasteiger partial charge in [-0.3, -0.25) is 0 Å². The zero-order valence-electron chi connectivity index (χ0n) is 29.1. The summed E-state index contributed by atoms with van der Waals surface area (Å²) in [4.78, 5) is 0. The van der Waals surface area contributed by atoms with Gasteiger partial charge in [-0.25, -0.2) is 0 Å². The molecule has 2 heteroatoms. The highest BCUT2D eigenvalue weighted by Crippen LogP contribution is 2.46. The van der Waals surface area contributed by atoms with E-state index in [4.69, 9.17) is 4.42 Å². The van der Waals surface area contributed by atoms with E-state index in [9.17, 15) is 0 Å². The molecule has 0 radical (unpaired) electrons. The number of fused-ring (bicyclic) bond motifs is 12. The SMILES string of the molecule is c1cc(-c2ccc3c(c2)oc2c3ccc3c2sc2ccc4ccccc4c23)cc(-c2c3ccccc3c(-c3ccc4ccccc4c3)c3ccccc23)c1. The van der Waals surface area contributed by atoms with Gasteiger partial charge >= 0.3 is 0 Å². The van der Waals surface area contributed by atoms with Crippen molar-refractivity contribution in [3.8, 4) is 33.4 Å². The molecule has 12 aromatic rings. The van der Waals surface area contributed by atoms with Crippen LogP contribution in [0.15, 0.2) is 186 Å². The number of hydrogen-bond donors (Lipinski definition) is 0. The first-order chi connectivity index (χ1) is 26.8. The molecule has 0 aliphatic rings. The number of benzene rings is 10.